The van der Waals surface area contributed by atoms with Gasteiger partial charge in [-0.2, -0.15) is 0 Å². The molecular formula is C17H17ClFN. The van der Waals surface area contributed by atoms with Crippen molar-refractivity contribution in [3.8, 4) is 0 Å². The van der Waals surface area contributed by atoms with Crippen LogP contribution in [0.4, 0.5) is 4.39 Å². The normalized spacial score (nSPS) is 14.5. The van der Waals surface area contributed by atoms with Gasteiger partial charge >= 0.3 is 0 Å². The standard InChI is InChI=1S/C17H17ClFN/c18-16-9-12(5-8-17(16)19)10-20-11-14-3-1-2-4-15(14)13-6-7-13/h1-5,8-9,13,20H,6-7,10-11H2. The maximum absolute atomic E-state index is 13.1. The van der Waals surface area contributed by atoms with Crippen molar-refractivity contribution in [2.24, 2.45) is 0 Å². The zero-order chi connectivity index (χ0) is 13.9. The molecule has 3 heteroatoms. The van der Waals surface area contributed by atoms with E-state index in [0.717, 1.165) is 18.0 Å². The van der Waals surface area contributed by atoms with Crippen molar-refractivity contribution in [3.05, 3.63) is 70.0 Å². The van der Waals surface area contributed by atoms with Crippen LogP contribution in [0, 0.1) is 5.82 Å². The van der Waals surface area contributed by atoms with Gasteiger partial charge in [0.15, 0.2) is 0 Å². The molecule has 20 heavy (non-hydrogen) atoms. The van der Waals surface area contributed by atoms with Crippen LogP contribution in [0.1, 0.15) is 35.4 Å². The molecule has 0 unspecified atom stereocenters. The molecule has 2 aromatic rings. The van der Waals surface area contributed by atoms with Gasteiger partial charge in [0.1, 0.15) is 5.82 Å². The molecule has 104 valence electrons. The third kappa shape index (κ3) is 3.20. The van der Waals surface area contributed by atoms with Crippen LogP contribution < -0.4 is 5.32 Å². The van der Waals surface area contributed by atoms with Crippen LogP contribution in [0.25, 0.3) is 0 Å². The van der Waals surface area contributed by atoms with Crippen molar-refractivity contribution in [2.45, 2.75) is 31.8 Å². The largest absolute Gasteiger partial charge is 0.309 e. The first-order valence-corrected chi connectivity index (χ1v) is 7.34. The zero-order valence-corrected chi connectivity index (χ0v) is 12.0. The highest BCUT2D eigenvalue weighted by atomic mass is 35.5. The average molecular weight is 290 g/mol. The molecule has 0 saturated heterocycles. The molecule has 0 heterocycles. The summed E-state index contributed by atoms with van der Waals surface area (Å²) in [4.78, 5) is 0. The quantitative estimate of drug-likeness (QED) is 0.845. The van der Waals surface area contributed by atoms with E-state index < -0.39 is 0 Å². The van der Waals surface area contributed by atoms with Crippen LogP contribution in [0.5, 0.6) is 0 Å². The van der Waals surface area contributed by atoms with Crippen LogP contribution in [0.3, 0.4) is 0 Å². The Bertz CT molecular complexity index is 608. The van der Waals surface area contributed by atoms with Crippen molar-refractivity contribution < 1.29 is 4.39 Å². The predicted octanol–water partition coefficient (Wildman–Crippen LogP) is 4.65. The van der Waals surface area contributed by atoms with E-state index in [1.807, 2.05) is 0 Å². The lowest BCUT2D eigenvalue weighted by Crippen LogP contribution is -2.14. The molecule has 0 atom stereocenters. The lowest BCUT2D eigenvalue weighted by atomic mass is 10.0. The minimum Gasteiger partial charge on any atom is -0.309 e. The van der Waals surface area contributed by atoms with Crippen molar-refractivity contribution in [1.82, 2.24) is 5.32 Å². The maximum Gasteiger partial charge on any atom is 0.141 e. The molecule has 3 rings (SSSR count). The fourth-order valence-corrected chi connectivity index (χ4v) is 2.68. The van der Waals surface area contributed by atoms with E-state index in [-0.39, 0.29) is 10.8 Å². The topological polar surface area (TPSA) is 12.0 Å². The summed E-state index contributed by atoms with van der Waals surface area (Å²) in [6, 6.07) is 13.4. The second kappa shape index (κ2) is 5.94. The van der Waals surface area contributed by atoms with E-state index in [4.69, 9.17) is 11.6 Å². The molecule has 1 N–H and O–H groups in total. The fourth-order valence-electron chi connectivity index (χ4n) is 2.48. The van der Waals surface area contributed by atoms with E-state index in [2.05, 4.69) is 29.6 Å². The summed E-state index contributed by atoms with van der Waals surface area (Å²) in [5.41, 5.74) is 3.83. The van der Waals surface area contributed by atoms with E-state index in [0.29, 0.717) is 6.54 Å². The third-order valence-corrected chi connectivity index (χ3v) is 3.99. The van der Waals surface area contributed by atoms with Crippen molar-refractivity contribution >= 4 is 11.6 Å². The smallest absolute Gasteiger partial charge is 0.141 e. The second-order valence-electron chi connectivity index (χ2n) is 5.33. The summed E-state index contributed by atoms with van der Waals surface area (Å²) in [5.74, 6) is 0.391. The Labute approximate surface area is 123 Å². The maximum atomic E-state index is 13.1. The van der Waals surface area contributed by atoms with Gasteiger partial charge in [-0.3, -0.25) is 0 Å². The summed E-state index contributed by atoms with van der Waals surface area (Å²) >= 11 is 5.78. The van der Waals surface area contributed by atoms with Gasteiger partial charge in [0, 0.05) is 13.1 Å². The monoisotopic (exact) mass is 289 g/mol. The van der Waals surface area contributed by atoms with Gasteiger partial charge in [-0.15, -0.1) is 0 Å². The van der Waals surface area contributed by atoms with Crippen LogP contribution >= 0.6 is 11.6 Å². The molecule has 0 aromatic heterocycles. The SMILES string of the molecule is Fc1ccc(CNCc2ccccc2C2CC2)cc1Cl. The minimum absolute atomic E-state index is 0.183. The number of benzene rings is 2. The fraction of sp³-hybridized carbons (Fsp3) is 0.294. The van der Waals surface area contributed by atoms with Crippen molar-refractivity contribution in [2.75, 3.05) is 0 Å². The molecule has 0 bridgehead atoms. The predicted molar refractivity (Wildman–Crippen MR) is 80.4 cm³/mol. The van der Waals surface area contributed by atoms with Gasteiger partial charge in [0.25, 0.3) is 0 Å². The molecule has 0 aliphatic heterocycles. The first kappa shape index (κ1) is 13.6. The van der Waals surface area contributed by atoms with Gasteiger partial charge in [0.2, 0.25) is 0 Å². The van der Waals surface area contributed by atoms with Gasteiger partial charge in [-0.05, 0) is 47.6 Å². The molecule has 2 aromatic carbocycles. The lowest BCUT2D eigenvalue weighted by Gasteiger charge is -2.10. The van der Waals surface area contributed by atoms with E-state index >= 15 is 0 Å². The second-order valence-corrected chi connectivity index (χ2v) is 5.73. The molecular weight excluding hydrogens is 273 g/mol. The first-order valence-electron chi connectivity index (χ1n) is 6.96. The van der Waals surface area contributed by atoms with E-state index in [1.165, 1.54) is 30.0 Å². The Morgan fingerprint density at radius 3 is 2.65 bits per heavy atom. The van der Waals surface area contributed by atoms with Gasteiger partial charge < -0.3 is 5.32 Å². The Kier molecular flexibility index (Phi) is 4.04. The van der Waals surface area contributed by atoms with Crippen molar-refractivity contribution in [3.63, 3.8) is 0 Å². The molecule has 1 saturated carbocycles. The summed E-state index contributed by atoms with van der Waals surface area (Å²) in [6.45, 7) is 1.53. The first-order chi connectivity index (χ1) is 9.74. The van der Waals surface area contributed by atoms with Gasteiger partial charge in [-0.1, -0.05) is 41.9 Å². The van der Waals surface area contributed by atoms with Crippen molar-refractivity contribution in [1.29, 1.82) is 0 Å². The van der Waals surface area contributed by atoms with Gasteiger partial charge in [-0.25, -0.2) is 4.39 Å². The molecule has 0 amide bonds. The number of nitrogens with one attached hydrogen (secondary N) is 1. The van der Waals surface area contributed by atoms with Crippen LogP contribution in [0.15, 0.2) is 42.5 Å². The molecule has 0 radical (unpaired) electrons. The summed E-state index contributed by atoms with van der Waals surface area (Å²) < 4.78 is 13.1. The molecule has 1 aliphatic rings. The van der Waals surface area contributed by atoms with Crippen LogP contribution in [0.2, 0.25) is 5.02 Å². The molecule has 1 nitrogen and oxygen atoms in total. The molecule has 1 aliphatic carbocycles. The summed E-state index contributed by atoms with van der Waals surface area (Å²) in [5, 5.41) is 3.59. The molecule has 1 fully saturated rings. The Morgan fingerprint density at radius 1 is 1.10 bits per heavy atom. The van der Waals surface area contributed by atoms with Crippen LogP contribution in [-0.2, 0) is 13.1 Å². The van der Waals surface area contributed by atoms with E-state index in [1.54, 1.807) is 12.1 Å². The van der Waals surface area contributed by atoms with Crippen LogP contribution in [-0.4, -0.2) is 0 Å². The number of hydrogen-bond donors (Lipinski definition) is 1. The highest BCUT2D eigenvalue weighted by Crippen LogP contribution is 2.41. The molecule has 0 spiro atoms. The van der Waals surface area contributed by atoms with E-state index in [9.17, 15) is 4.39 Å². The number of halogens is 2. The lowest BCUT2D eigenvalue weighted by molar-refractivity contribution is 0.625. The summed E-state index contributed by atoms with van der Waals surface area (Å²) in [6.07, 6.45) is 2.62. The highest BCUT2D eigenvalue weighted by molar-refractivity contribution is 6.30. The Hall–Kier alpha value is -1.38. The Balaban J connectivity index is 1.61. The number of hydrogen-bond acceptors (Lipinski definition) is 1. The Morgan fingerprint density at radius 2 is 1.90 bits per heavy atom. The zero-order valence-electron chi connectivity index (χ0n) is 11.2. The average Bonchev–Trinajstić information content (AvgIpc) is 3.28. The summed E-state index contributed by atoms with van der Waals surface area (Å²) in [7, 11) is 0. The highest BCUT2D eigenvalue weighted by Gasteiger charge is 2.25. The third-order valence-electron chi connectivity index (χ3n) is 3.70. The minimum atomic E-state index is -0.366. The number of rotatable bonds is 5. The van der Waals surface area contributed by atoms with Gasteiger partial charge in [0.05, 0.1) is 5.02 Å².